The van der Waals surface area contributed by atoms with Crippen LogP contribution in [0.5, 0.6) is 0 Å². The molecule has 25 heavy (non-hydrogen) atoms. The Balaban J connectivity index is 2.20. The van der Waals surface area contributed by atoms with Gasteiger partial charge in [-0.05, 0) is 19.4 Å². The standard InChI is InChI=1S/C16H15N3O5S/c1-8-12(15(21)24-3)13(10-5-4-6-11(7-10)19(22)23)18-14(20)9(2)25-16(18)17-8/h4-7,9,13H,1-3H3/t9-,13+/m1/s1. The summed E-state index contributed by atoms with van der Waals surface area (Å²) in [4.78, 5) is 41.3. The first kappa shape index (κ1) is 17.2. The smallest absolute Gasteiger partial charge is 0.338 e. The molecule has 0 aromatic heterocycles. The zero-order valence-electron chi connectivity index (χ0n) is 13.8. The number of amidine groups is 1. The second-order valence-corrected chi connectivity index (χ2v) is 6.92. The topological polar surface area (TPSA) is 102 Å². The second-order valence-electron chi connectivity index (χ2n) is 5.61. The number of rotatable bonds is 3. The van der Waals surface area contributed by atoms with E-state index in [-0.39, 0.29) is 22.4 Å². The molecule has 2 aliphatic heterocycles. The van der Waals surface area contributed by atoms with Gasteiger partial charge in [0.05, 0.1) is 34.6 Å². The molecule has 3 rings (SSSR count). The van der Waals surface area contributed by atoms with E-state index in [1.54, 1.807) is 19.9 Å². The van der Waals surface area contributed by atoms with Crippen molar-refractivity contribution in [2.45, 2.75) is 25.1 Å². The van der Waals surface area contributed by atoms with Crippen molar-refractivity contribution >= 4 is 34.5 Å². The van der Waals surface area contributed by atoms with Crippen molar-refractivity contribution in [1.29, 1.82) is 0 Å². The van der Waals surface area contributed by atoms with Gasteiger partial charge < -0.3 is 4.74 Å². The van der Waals surface area contributed by atoms with Crippen LogP contribution in [0.3, 0.4) is 0 Å². The van der Waals surface area contributed by atoms with Gasteiger partial charge in [0.2, 0.25) is 5.91 Å². The molecule has 2 heterocycles. The molecule has 0 unspecified atom stereocenters. The summed E-state index contributed by atoms with van der Waals surface area (Å²) in [7, 11) is 1.25. The number of hydrogen-bond donors (Lipinski definition) is 0. The average molecular weight is 361 g/mol. The number of benzene rings is 1. The highest BCUT2D eigenvalue weighted by molar-refractivity contribution is 8.15. The van der Waals surface area contributed by atoms with Crippen LogP contribution in [-0.4, -0.2) is 39.2 Å². The Morgan fingerprint density at radius 1 is 1.44 bits per heavy atom. The number of thioether (sulfide) groups is 1. The maximum Gasteiger partial charge on any atom is 0.338 e. The minimum absolute atomic E-state index is 0.115. The Hall–Kier alpha value is -2.68. The number of nitrogens with zero attached hydrogens (tertiary/aromatic N) is 3. The third-order valence-corrected chi connectivity index (χ3v) is 5.11. The van der Waals surface area contributed by atoms with Crippen LogP contribution in [0.1, 0.15) is 25.5 Å². The van der Waals surface area contributed by atoms with Gasteiger partial charge in [0.1, 0.15) is 0 Å². The highest BCUT2D eigenvalue weighted by atomic mass is 32.2. The van der Waals surface area contributed by atoms with Crippen molar-refractivity contribution in [3.05, 3.63) is 51.2 Å². The van der Waals surface area contributed by atoms with Crippen LogP contribution in [0.15, 0.2) is 40.5 Å². The molecule has 0 aliphatic carbocycles. The van der Waals surface area contributed by atoms with Gasteiger partial charge in [-0.25, -0.2) is 9.79 Å². The van der Waals surface area contributed by atoms with Crippen LogP contribution >= 0.6 is 11.8 Å². The molecule has 0 bridgehead atoms. The van der Waals surface area contributed by atoms with E-state index in [2.05, 4.69) is 4.99 Å². The molecule has 1 aromatic rings. The molecule has 1 saturated heterocycles. The van der Waals surface area contributed by atoms with Gasteiger partial charge in [0.15, 0.2) is 5.17 Å². The first-order valence-electron chi connectivity index (χ1n) is 7.47. The number of nitro benzene ring substituents is 1. The molecule has 1 fully saturated rings. The van der Waals surface area contributed by atoms with Crippen molar-refractivity contribution in [1.82, 2.24) is 4.90 Å². The molecule has 0 radical (unpaired) electrons. The lowest BCUT2D eigenvalue weighted by Gasteiger charge is -2.32. The molecule has 2 atom stereocenters. The van der Waals surface area contributed by atoms with Crippen LogP contribution in [0.2, 0.25) is 0 Å². The number of amides is 1. The number of esters is 1. The molecule has 1 aromatic carbocycles. The molecule has 2 aliphatic rings. The van der Waals surface area contributed by atoms with Crippen molar-refractivity contribution in [3.63, 3.8) is 0 Å². The predicted molar refractivity (Wildman–Crippen MR) is 91.9 cm³/mol. The highest BCUT2D eigenvalue weighted by Gasteiger charge is 2.46. The predicted octanol–water partition coefficient (Wildman–Crippen LogP) is 2.42. The summed E-state index contributed by atoms with van der Waals surface area (Å²) in [5, 5.41) is 11.3. The molecule has 1 amide bonds. The lowest BCUT2D eigenvalue weighted by molar-refractivity contribution is -0.384. The first-order valence-corrected chi connectivity index (χ1v) is 8.35. The summed E-state index contributed by atoms with van der Waals surface area (Å²) in [5.74, 6) is -0.816. The first-order chi connectivity index (χ1) is 11.8. The highest BCUT2D eigenvalue weighted by Crippen LogP contribution is 2.43. The van der Waals surface area contributed by atoms with Gasteiger partial charge >= 0.3 is 5.97 Å². The monoisotopic (exact) mass is 361 g/mol. The van der Waals surface area contributed by atoms with E-state index < -0.39 is 16.9 Å². The summed E-state index contributed by atoms with van der Waals surface area (Å²) in [6.07, 6.45) is 0. The van der Waals surface area contributed by atoms with Crippen LogP contribution in [-0.2, 0) is 14.3 Å². The number of ether oxygens (including phenoxy) is 1. The Labute approximate surface area is 147 Å². The summed E-state index contributed by atoms with van der Waals surface area (Å²) in [6, 6.07) is 5.10. The lowest BCUT2D eigenvalue weighted by atomic mass is 9.94. The van der Waals surface area contributed by atoms with Gasteiger partial charge in [0, 0.05) is 12.1 Å². The third-order valence-electron chi connectivity index (χ3n) is 4.06. The minimum Gasteiger partial charge on any atom is -0.466 e. The van der Waals surface area contributed by atoms with Crippen LogP contribution in [0, 0.1) is 10.1 Å². The summed E-state index contributed by atoms with van der Waals surface area (Å²) in [5.41, 5.74) is 0.985. The number of carbonyl (C=O) groups excluding carboxylic acids is 2. The molecular weight excluding hydrogens is 346 g/mol. The molecule has 0 spiro atoms. The van der Waals surface area contributed by atoms with E-state index in [9.17, 15) is 19.7 Å². The van der Waals surface area contributed by atoms with Crippen molar-refractivity contribution in [3.8, 4) is 0 Å². The van der Waals surface area contributed by atoms with Gasteiger partial charge in [-0.1, -0.05) is 23.9 Å². The summed E-state index contributed by atoms with van der Waals surface area (Å²) >= 11 is 1.30. The maximum atomic E-state index is 12.6. The third kappa shape index (κ3) is 2.80. The molecule has 9 heteroatoms. The molecule has 0 N–H and O–H groups in total. The van der Waals surface area contributed by atoms with E-state index in [1.165, 1.54) is 42.0 Å². The largest absolute Gasteiger partial charge is 0.466 e. The number of hydrogen-bond acceptors (Lipinski definition) is 7. The average Bonchev–Trinajstić information content (AvgIpc) is 2.87. The number of allylic oxidation sites excluding steroid dienone is 1. The fraction of sp³-hybridized carbons (Fsp3) is 0.312. The van der Waals surface area contributed by atoms with Crippen molar-refractivity contribution in [2.75, 3.05) is 7.11 Å². The zero-order valence-corrected chi connectivity index (χ0v) is 14.6. The summed E-state index contributed by atoms with van der Waals surface area (Å²) in [6.45, 7) is 3.42. The quantitative estimate of drug-likeness (QED) is 0.465. The van der Waals surface area contributed by atoms with Gasteiger partial charge in [0.25, 0.3) is 5.69 Å². The number of non-ortho nitro benzene ring substituents is 1. The Morgan fingerprint density at radius 3 is 2.80 bits per heavy atom. The number of nitro groups is 1. The van der Waals surface area contributed by atoms with Crippen LogP contribution < -0.4 is 0 Å². The van der Waals surface area contributed by atoms with Crippen LogP contribution in [0.4, 0.5) is 5.69 Å². The number of aliphatic imine (C=N–C) groups is 1. The maximum absolute atomic E-state index is 12.6. The fourth-order valence-electron chi connectivity index (χ4n) is 2.90. The van der Waals surface area contributed by atoms with E-state index in [4.69, 9.17) is 4.74 Å². The van der Waals surface area contributed by atoms with Crippen LogP contribution in [0.25, 0.3) is 0 Å². The SMILES string of the molecule is COC(=O)C1=C(C)N=C2S[C@H](C)C(=O)N2[C@H]1c1cccc([N+](=O)[O-])c1. The number of methoxy groups -OCH3 is 1. The Bertz CT molecular complexity index is 848. The van der Waals surface area contributed by atoms with E-state index in [0.29, 0.717) is 16.4 Å². The lowest BCUT2D eigenvalue weighted by Crippen LogP contribution is -2.40. The zero-order chi connectivity index (χ0) is 18.3. The molecule has 8 nitrogen and oxygen atoms in total. The molecule has 130 valence electrons. The summed E-state index contributed by atoms with van der Waals surface area (Å²) < 4.78 is 4.86. The van der Waals surface area contributed by atoms with Crippen molar-refractivity contribution in [2.24, 2.45) is 4.99 Å². The van der Waals surface area contributed by atoms with Gasteiger partial charge in [-0.2, -0.15) is 0 Å². The normalized spacial score (nSPS) is 22.6. The Kier molecular flexibility index (Phi) is 4.34. The van der Waals surface area contributed by atoms with Gasteiger partial charge in [-0.3, -0.25) is 19.8 Å². The second kappa shape index (κ2) is 6.32. The number of carbonyl (C=O) groups is 2. The van der Waals surface area contributed by atoms with E-state index in [1.807, 2.05) is 0 Å². The Morgan fingerprint density at radius 2 is 2.16 bits per heavy atom. The number of fused-ring (bicyclic) bond motifs is 1. The fourth-order valence-corrected chi connectivity index (χ4v) is 3.93. The van der Waals surface area contributed by atoms with Crippen molar-refractivity contribution < 1.29 is 19.2 Å². The van der Waals surface area contributed by atoms with Gasteiger partial charge in [-0.15, -0.1) is 0 Å². The van der Waals surface area contributed by atoms with E-state index >= 15 is 0 Å². The van der Waals surface area contributed by atoms with E-state index in [0.717, 1.165) is 0 Å². The molecule has 0 saturated carbocycles. The minimum atomic E-state index is -0.801. The molecular formula is C16H15N3O5S.